The summed E-state index contributed by atoms with van der Waals surface area (Å²) in [6.07, 6.45) is 1.40. The number of nitrogens with zero attached hydrogens (tertiary/aromatic N) is 2. The van der Waals surface area contributed by atoms with Crippen molar-refractivity contribution in [2.75, 3.05) is 32.8 Å². The molecule has 0 saturated carbocycles. The Bertz CT molecular complexity index is 832. The van der Waals surface area contributed by atoms with Crippen LogP contribution in [0.25, 0.3) is 0 Å². The van der Waals surface area contributed by atoms with Crippen molar-refractivity contribution in [3.8, 4) is 5.75 Å². The van der Waals surface area contributed by atoms with E-state index in [1.807, 2.05) is 17.0 Å². The first kappa shape index (κ1) is 23.8. The molecule has 0 spiro atoms. The summed E-state index contributed by atoms with van der Waals surface area (Å²) in [5, 5.41) is 11.9. The van der Waals surface area contributed by atoms with Crippen LogP contribution in [-0.2, 0) is 11.2 Å². The molecule has 0 fully saturated rings. The number of carbonyl (C=O) groups excluding carboxylic acids is 1. The van der Waals surface area contributed by atoms with Gasteiger partial charge >= 0.3 is 0 Å². The first-order chi connectivity index (χ1) is 14.9. The van der Waals surface area contributed by atoms with Crippen molar-refractivity contribution in [1.29, 1.82) is 0 Å². The maximum Gasteiger partial charge on any atom is 0.237 e. The van der Waals surface area contributed by atoms with Crippen LogP contribution in [0.5, 0.6) is 5.75 Å². The summed E-state index contributed by atoms with van der Waals surface area (Å²) in [6.45, 7) is 11.0. The number of hydrogen-bond acceptors (Lipinski definition) is 5. The Hall–Kier alpha value is -1.89. The zero-order valence-electron chi connectivity index (χ0n) is 19.2. The lowest BCUT2D eigenvalue weighted by Crippen LogP contribution is -2.47. The maximum atomic E-state index is 13.3. The van der Waals surface area contributed by atoms with Gasteiger partial charge in [-0.3, -0.25) is 9.69 Å². The summed E-state index contributed by atoms with van der Waals surface area (Å²) in [7, 11) is 0. The molecule has 1 aromatic heterocycles. The molecule has 2 atom stereocenters. The van der Waals surface area contributed by atoms with Gasteiger partial charge in [0.15, 0.2) is 0 Å². The van der Waals surface area contributed by atoms with E-state index in [0.717, 1.165) is 25.1 Å². The van der Waals surface area contributed by atoms with Crippen LogP contribution in [0.4, 0.5) is 0 Å². The Morgan fingerprint density at radius 3 is 2.65 bits per heavy atom. The van der Waals surface area contributed by atoms with E-state index in [9.17, 15) is 9.90 Å². The third-order valence-electron chi connectivity index (χ3n) is 5.79. The van der Waals surface area contributed by atoms with Gasteiger partial charge in [0.1, 0.15) is 12.4 Å². The Morgan fingerprint density at radius 2 is 2.00 bits per heavy atom. The first-order valence-corrected chi connectivity index (χ1v) is 12.3. The molecule has 1 amide bonds. The molecule has 1 aliphatic rings. The predicted molar refractivity (Wildman–Crippen MR) is 127 cm³/mol. The fraction of sp³-hybridized carbons (Fsp3) is 0.560. The van der Waals surface area contributed by atoms with Crippen LogP contribution < -0.4 is 4.74 Å². The second-order valence-electron chi connectivity index (χ2n) is 8.77. The van der Waals surface area contributed by atoms with E-state index in [-0.39, 0.29) is 11.9 Å². The summed E-state index contributed by atoms with van der Waals surface area (Å²) in [5.74, 6) is 1.43. The molecule has 0 saturated heterocycles. The van der Waals surface area contributed by atoms with E-state index < -0.39 is 6.10 Å². The van der Waals surface area contributed by atoms with Gasteiger partial charge in [-0.2, -0.15) is 0 Å². The van der Waals surface area contributed by atoms with Crippen molar-refractivity contribution in [3.05, 3.63) is 51.7 Å². The van der Waals surface area contributed by atoms with Crippen LogP contribution in [-0.4, -0.2) is 59.7 Å². The van der Waals surface area contributed by atoms with Gasteiger partial charge in [-0.1, -0.05) is 32.9 Å². The van der Waals surface area contributed by atoms with Crippen molar-refractivity contribution in [2.45, 2.75) is 58.6 Å². The first-order valence-electron chi connectivity index (χ1n) is 11.4. The normalized spacial score (nSPS) is 17.1. The van der Waals surface area contributed by atoms with Crippen molar-refractivity contribution in [1.82, 2.24) is 9.80 Å². The molecule has 6 heteroatoms. The summed E-state index contributed by atoms with van der Waals surface area (Å²) in [4.78, 5) is 18.7. The molecule has 3 rings (SSSR count). The molecule has 2 unspecified atom stereocenters. The van der Waals surface area contributed by atoms with Gasteiger partial charge in [0.2, 0.25) is 5.91 Å². The number of amides is 1. The average Bonchev–Trinajstić information content (AvgIpc) is 3.21. The SMILES string of the molecule is CCCN(CC(=O)N1CCc2sccc2C1COc1ccc(C(C)C)cc1)CC(C)O. The molecule has 0 radical (unpaired) electrons. The quantitative estimate of drug-likeness (QED) is 0.587. The van der Waals surface area contributed by atoms with E-state index in [2.05, 4.69) is 49.3 Å². The van der Waals surface area contributed by atoms with Gasteiger partial charge in [-0.05, 0) is 66.9 Å². The lowest BCUT2D eigenvalue weighted by atomic mass is 10.00. The number of ether oxygens (including phenoxy) is 1. The van der Waals surface area contributed by atoms with Gasteiger partial charge in [-0.25, -0.2) is 0 Å². The summed E-state index contributed by atoms with van der Waals surface area (Å²) in [6, 6.07) is 10.3. The van der Waals surface area contributed by atoms with Gasteiger partial charge in [0.05, 0.1) is 18.7 Å². The van der Waals surface area contributed by atoms with E-state index >= 15 is 0 Å². The Balaban J connectivity index is 1.72. The van der Waals surface area contributed by atoms with E-state index in [1.54, 1.807) is 18.3 Å². The summed E-state index contributed by atoms with van der Waals surface area (Å²) >= 11 is 1.76. The van der Waals surface area contributed by atoms with Crippen molar-refractivity contribution in [3.63, 3.8) is 0 Å². The predicted octanol–water partition coefficient (Wildman–Crippen LogP) is 4.47. The lowest BCUT2D eigenvalue weighted by Gasteiger charge is -2.37. The highest BCUT2D eigenvalue weighted by Crippen LogP contribution is 2.34. The average molecular weight is 445 g/mol. The second-order valence-corrected chi connectivity index (χ2v) is 9.77. The Labute approximate surface area is 190 Å². The van der Waals surface area contributed by atoms with E-state index in [0.29, 0.717) is 32.2 Å². The van der Waals surface area contributed by atoms with Crippen LogP contribution >= 0.6 is 11.3 Å². The molecule has 31 heavy (non-hydrogen) atoms. The minimum atomic E-state index is -0.447. The van der Waals surface area contributed by atoms with Gasteiger partial charge < -0.3 is 14.7 Å². The minimum absolute atomic E-state index is 0.0812. The van der Waals surface area contributed by atoms with Crippen LogP contribution in [0.15, 0.2) is 35.7 Å². The van der Waals surface area contributed by atoms with Gasteiger partial charge in [-0.15, -0.1) is 11.3 Å². The van der Waals surface area contributed by atoms with Crippen molar-refractivity contribution >= 4 is 17.2 Å². The fourth-order valence-electron chi connectivity index (χ4n) is 4.21. The standard InChI is InChI=1S/C25H36N2O3S/c1-5-12-26(15-19(4)28)16-25(29)27-13-10-24-22(11-14-31-24)23(27)17-30-21-8-6-20(7-9-21)18(2)3/h6-9,11,14,18-19,23,28H,5,10,12-13,15-17H2,1-4H3. The number of benzene rings is 1. The number of fused-ring (bicyclic) bond motifs is 1. The van der Waals surface area contributed by atoms with Crippen molar-refractivity contribution in [2.24, 2.45) is 0 Å². The topological polar surface area (TPSA) is 53.0 Å². The number of hydrogen-bond donors (Lipinski definition) is 1. The number of thiophene rings is 1. The maximum absolute atomic E-state index is 13.3. The molecule has 2 aromatic rings. The van der Waals surface area contributed by atoms with E-state index in [1.165, 1.54) is 16.0 Å². The molecule has 1 aliphatic heterocycles. The molecule has 0 bridgehead atoms. The number of rotatable bonds is 10. The van der Waals surface area contributed by atoms with Gasteiger partial charge in [0.25, 0.3) is 0 Å². The number of carbonyl (C=O) groups is 1. The second kappa shape index (κ2) is 11.1. The molecule has 0 aliphatic carbocycles. The largest absolute Gasteiger partial charge is 0.491 e. The molecule has 2 heterocycles. The molecular weight excluding hydrogens is 408 g/mol. The van der Waals surface area contributed by atoms with Crippen LogP contribution in [0.2, 0.25) is 0 Å². The highest BCUT2D eigenvalue weighted by Gasteiger charge is 2.32. The van der Waals surface area contributed by atoms with E-state index in [4.69, 9.17) is 4.74 Å². The third-order valence-corrected chi connectivity index (χ3v) is 6.79. The van der Waals surface area contributed by atoms with Crippen LogP contribution in [0.3, 0.4) is 0 Å². The minimum Gasteiger partial charge on any atom is -0.491 e. The highest BCUT2D eigenvalue weighted by molar-refractivity contribution is 7.10. The Kier molecular flexibility index (Phi) is 8.52. The summed E-state index contributed by atoms with van der Waals surface area (Å²) in [5.41, 5.74) is 2.50. The van der Waals surface area contributed by atoms with Gasteiger partial charge in [0, 0.05) is 18.0 Å². The zero-order chi connectivity index (χ0) is 22.4. The monoisotopic (exact) mass is 444 g/mol. The molecular formula is C25H36N2O3S. The lowest BCUT2D eigenvalue weighted by molar-refractivity contribution is -0.136. The number of aliphatic hydroxyl groups excluding tert-OH is 1. The third kappa shape index (κ3) is 6.31. The van der Waals surface area contributed by atoms with Crippen molar-refractivity contribution < 1.29 is 14.6 Å². The smallest absolute Gasteiger partial charge is 0.237 e. The molecule has 1 aromatic carbocycles. The fourth-order valence-corrected chi connectivity index (χ4v) is 5.13. The Morgan fingerprint density at radius 1 is 1.26 bits per heavy atom. The molecule has 5 nitrogen and oxygen atoms in total. The zero-order valence-corrected chi connectivity index (χ0v) is 20.0. The van der Waals surface area contributed by atoms with Crippen LogP contribution in [0, 0.1) is 0 Å². The number of aliphatic hydroxyl groups is 1. The molecule has 170 valence electrons. The highest BCUT2D eigenvalue weighted by atomic mass is 32.1. The molecule has 1 N–H and O–H groups in total. The summed E-state index contributed by atoms with van der Waals surface area (Å²) < 4.78 is 6.16. The van der Waals surface area contributed by atoms with Crippen LogP contribution in [0.1, 0.15) is 62.1 Å².